The van der Waals surface area contributed by atoms with Crippen molar-refractivity contribution in [3.05, 3.63) is 48.0 Å². The van der Waals surface area contributed by atoms with Gasteiger partial charge in [0.25, 0.3) is 0 Å². The summed E-state index contributed by atoms with van der Waals surface area (Å²) in [7, 11) is 0. The molecule has 0 fully saturated rings. The molecular formula is C17H20FNO3. The predicted molar refractivity (Wildman–Crippen MR) is 81.9 cm³/mol. The topological polar surface area (TPSA) is 62.5 Å². The molecule has 1 atom stereocenters. The van der Waals surface area contributed by atoms with E-state index >= 15 is 0 Å². The molecule has 0 saturated heterocycles. The van der Waals surface area contributed by atoms with E-state index in [4.69, 9.17) is 9.52 Å². The van der Waals surface area contributed by atoms with Gasteiger partial charge in [-0.1, -0.05) is 19.8 Å². The molecule has 0 bridgehead atoms. The van der Waals surface area contributed by atoms with E-state index in [1.807, 2.05) is 6.92 Å². The summed E-state index contributed by atoms with van der Waals surface area (Å²) in [5.74, 6) is 0.149. The van der Waals surface area contributed by atoms with Gasteiger partial charge in [0.05, 0.1) is 6.54 Å². The Hall–Kier alpha value is -2.14. The van der Waals surface area contributed by atoms with E-state index in [-0.39, 0.29) is 5.82 Å². The van der Waals surface area contributed by atoms with Gasteiger partial charge in [0.2, 0.25) is 0 Å². The van der Waals surface area contributed by atoms with Gasteiger partial charge in [-0.2, -0.15) is 0 Å². The number of hydrogen-bond donors (Lipinski definition) is 2. The third-order valence-electron chi connectivity index (χ3n) is 3.46. The molecule has 0 radical (unpaired) electrons. The van der Waals surface area contributed by atoms with Crippen LogP contribution in [-0.2, 0) is 11.3 Å². The molecule has 1 aromatic carbocycles. The highest BCUT2D eigenvalue weighted by atomic mass is 19.1. The lowest BCUT2D eigenvalue weighted by molar-refractivity contribution is -0.139. The van der Waals surface area contributed by atoms with E-state index in [0.717, 1.165) is 18.4 Å². The van der Waals surface area contributed by atoms with Crippen LogP contribution in [0, 0.1) is 5.82 Å². The Labute approximate surface area is 129 Å². The summed E-state index contributed by atoms with van der Waals surface area (Å²) in [6, 6.07) is 9.07. The fourth-order valence-corrected chi connectivity index (χ4v) is 2.19. The minimum absolute atomic E-state index is 0.294. The Bertz CT molecular complexity index is 607. The number of nitrogens with one attached hydrogen (secondary N) is 1. The number of halogens is 1. The highest BCUT2D eigenvalue weighted by Crippen LogP contribution is 2.22. The molecule has 0 spiro atoms. The standard InChI is InChI=1S/C17H20FNO3/c1-2-3-4-15(17(20)21)19-11-14-9-10-16(22-14)12-5-7-13(18)8-6-12/h5-10,15,19H,2-4,11H2,1H3,(H,20,21). The Morgan fingerprint density at radius 2 is 2.00 bits per heavy atom. The molecule has 0 saturated carbocycles. The molecule has 4 nitrogen and oxygen atoms in total. The van der Waals surface area contributed by atoms with Gasteiger partial charge in [0, 0.05) is 5.56 Å². The van der Waals surface area contributed by atoms with Crippen molar-refractivity contribution in [2.45, 2.75) is 38.8 Å². The van der Waals surface area contributed by atoms with Crippen LogP contribution in [0.15, 0.2) is 40.8 Å². The first kappa shape index (κ1) is 16.2. The quantitative estimate of drug-likeness (QED) is 0.778. The maximum absolute atomic E-state index is 12.9. The zero-order valence-electron chi connectivity index (χ0n) is 12.5. The van der Waals surface area contributed by atoms with E-state index in [0.29, 0.717) is 24.5 Å². The average molecular weight is 305 g/mol. The second-order valence-electron chi connectivity index (χ2n) is 5.19. The number of carbonyl (C=O) groups is 1. The summed E-state index contributed by atoms with van der Waals surface area (Å²) in [5, 5.41) is 12.1. The van der Waals surface area contributed by atoms with Crippen molar-refractivity contribution in [1.29, 1.82) is 0 Å². The van der Waals surface area contributed by atoms with Gasteiger partial charge in [-0.3, -0.25) is 10.1 Å². The van der Waals surface area contributed by atoms with Crippen LogP contribution in [0.25, 0.3) is 11.3 Å². The summed E-state index contributed by atoms with van der Waals surface area (Å²) < 4.78 is 18.6. The highest BCUT2D eigenvalue weighted by Gasteiger charge is 2.16. The predicted octanol–water partition coefficient (Wildman–Crippen LogP) is 3.82. The molecule has 0 aliphatic carbocycles. The summed E-state index contributed by atoms with van der Waals surface area (Å²) in [5.41, 5.74) is 0.786. The largest absolute Gasteiger partial charge is 0.480 e. The van der Waals surface area contributed by atoms with Crippen LogP contribution in [0.2, 0.25) is 0 Å². The summed E-state index contributed by atoms with van der Waals surface area (Å²) >= 11 is 0. The molecule has 0 aliphatic rings. The number of unbranched alkanes of at least 4 members (excludes halogenated alkanes) is 1. The number of carboxylic acids is 1. The first-order chi connectivity index (χ1) is 10.6. The first-order valence-electron chi connectivity index (χ1n) is 7.41. The Kier molecular flexibility index (Phi) is 5.72. The van der Waals surface area contributed by atoms with Crippen LogP contribution in [0.1, 0.15) is 31.9 Å². The van der Waals surface area contributed by atoms with Gasteiger partial charge in [-0.05, 0) is 42.8 Å². The number of carboxylic acid groups (broad SMARTS) is 1. The smallest absolute Gasteiger partial charge is 0.320 e. The number of rotatable bonds is 8. The van der Waals surface area contributed by atoms with Crippen LogP contribution in [0.4, 0.5) is 4.39 Å². The maximum atomic E-state index is 12.9. The van der Waals surface area contributed by atoms with E-state index in [2.05, 4.69) is 5.32 Å². The second-order valence-corrected chi connectivity index (χ2v) is 5.19. The monoisotopic (exact) mass is 305 g/mol. The van der Waals surface area contributed by atoms with Crippen LogP contribution in [0.5, 0.6) is 0 Å². The highest BCUT2D eigenvalue weighted by molar-refractivity contribution is 5.73. The normalized spacial score (nSPS) is 12.3. The molecule has 1 aromatic heterocycles. The van der Waals surface area contributed by atoms with Gasteiger partial charge in [-0.15, -0.1) is 0 Å². The molecule has 1 heterocycles. The van der Waals surface area contributed by atoms with E-state index < -0.39 is 12.0 Å². The van der Waals surface area contributed by atoms with E-state index in [1.54, 1.807) is 24.3 Å². The molecule has 0 aliphatic heterocycles. The van der Waals surface area contributed by atoms with Crippen molar-refractivity contribution in [3.63, 3.8) is 0 Å². The van der Waals surface area contributed by atoms with Crippen molar-refractivity contribution in [2.75, 3.05) is 0 Å². The molecular weight excluding hydrogens is 285 g/mol. The van der Waals surface area contributed by atoms with E-state index in [1.165, 1.54) is 12.1 Å². The summed E-state index contributed by atoms with van der Waals surface area (Å²) in [6.45, 7) is 2.38. The zero-order valence-corrected chi connectivity index (χ0v) is 12.5. The molecule has 2 N–H and O–H groups in total. The minimum Gasteiger partial charge on any atom is -0.480 e. The summed E-state index contributed by atoms with van der Waals surface area (Å²) in [6.07, 6.45) is 2.42. The number of furan rings is 1. The molecule has 2 aromatic rings. The third-order valence-corrected chi connectivity index (χ3v) is 3.46. The Morgan fingerprint density at radius 3 is 2.64 bits per heavy atom. The lowest BCUT2D eigenvalue weighted by atomic mass is 10.1. The van der Waals surface area contributed by atoms with Gasteiger partial charge in [0.1, 0.15) is 23.4 Å². The Morgan fingerprint density at radius 1 is 1.27 bits per heavy atom. The van der Waals surface area contributed by atoms with Crippen molar-refractivity contribution in [3.8, 4) is 11.3 Å². The van der Waals surface area contributed by atoms with Crippen LogP contribution < -0.4 is 5.32 Å². The minimum atomic E-state index is -0.848. The number of aliphatic carboxylic acids is 1. The molecule has 118 valence electrons. The number of benzene rings is 1. The second kappa shape index (κ2) is 7.75. The fraction of sp³-hybridized carbons (Fsp3) is 0.353. The number of hydrogen-bond acceptors (Lipinski definition) is 3. The molecule has 5 heteroatoms. The van der Waals surface area contributed by atoms with Crippen LogP contribution in [-0.4, -0.2) is 17.1 Å². The molecule has 0 amide bonds. The van der Waals surface area contributed by atoms with Gasteiger partial charge in [-0.25, -0.2) is 4.39 Å². The van der Waals surface area contributed by atoms with Gasteiger partial charge in [0.15, 0.2) is 0 Å². The van der Waals surface area contributed by atoms with Crippen molar-refractivity contribution >= 4 is 5.97 Å². The molecule has 1 unspecified atom stereocenters. The fourth-order valence-electron chi connectivity index (χ4n) is 2.19. The average Bonchev–Trinajstić information content (AvgIpc) is 2.96. The summed E-state index contributed by atoms with van der Waals surface area (Å²) in [4.78, 5) is 11.2. The zero-order chi connectivity index (χ0) is 15.9. The molecule has 22 heavy (non-hydrogen) atoms. The van der Waals surface area contributed by atoms with Crippen molar-refractivity contribution in [2.24, 2.45) is 0 Å². The van der Waals surface area contributed by atoms with Crippen LogP contribution >= 0.6 is 0 Å². The van der Waals surface area contributed by atoms with E-state index in [9.17, 15) is 9.18 Å². The lowest BCUT2D eigenvalue weighted by Gasteiger charge is -2.12. The van der Waals surface area contributed by atoms with Crippen molar-refractivity contribution in [1.82, 2.24) is 5.32 Å². The molecule has 2 rings (SSSR count). The lowest BCUT2D eigenvalue weighted by Crippen LogP contribution is -2.36. The maximum Gasteiger partial charge on any atom is 0.320 e. The van der Waals surface area contributed by atoms with Crippen molar-refractivity contribution < 1.29 is 18.7 Å². The van der Waals surface area contributed by atoms with Crippen LogP contribution in [0.3, 0.4) is 0 Å². The SMILES string of the molecule is CCCCC(NCc1ccc(-c2ccc(F)cc2)o1)C(=O)O. The van der Waals surface area contributed by atoms with Gasteiger partial charge >= 0.3 is 5.97 Å². The Balaban J connectivity index is 1.96. The van der Waals surface area contributed by atoms with Gasteiger partial charge < -0.3 is 9.52 Å². The first-order valence-corrected chi connectivity index (χ1v) is 7.41. The third kappa shape index (κ3) is 4.43.